The molecule has 0 aromatic heterocycles. The van der Waals surface area contributed by atoms with E-state index < -0.39 is 0 Å². The zero-order chi connectivity index (χ0) is 18.1. The van der Waals surface area contributed by atoms with Crippen LogP contribution in [0, 0.1) is 34.5 Å². The van der Waals surface area contributed by atoms with Gasteiger partial charge in [0.1, 0.15) is 0 Å². The Morgan fingerprint density at radius 3 is 1.68 bits per heavy atom. The van der Waals surface area contributed by atoms with Crippen molar-refractivity contribution >= 4 is 6.71 Å². The zero-order valence-electron chi connectivity index (χ0n) is 17.5. The van der Waals surface area contributed by atoms with Gasteiger partial charge in [-0.3, -0.25) is 0 Å². The number of fused-ring (bicyclic) bond motifs is 4. The van der Waals surface area contributed by atoms with E-state index in [4.69, 9.17) is 0 Å². The quantitative estimate of drug-likeness (QED) is 0.381. The third-order valence-electron chi connectivity index (χ3n) is 9.21. The van der Waals surface area contributed by atoms with Gasteiger partial charge in [0.2, 0.25) is 0 Å². The third-order valence-corrected chi connectivity index (χ3v) is 9.21. The molecule has 4 aliphatic rings. The summed E-state index contributed by atoms with van der Waals surface area (Å²) in [6.07, 6.45) is 13.8. The lowest BCUT2D eigenvalue weighted by Gasteiger charge is -2.70. The van der Waals surface area contributed by atoms with Crippen molar-refractivity contribution in [2.75, 3.05) is 0 Å². The van der Waals surface area contributed by atoms with E-state index in [1.807, 2.05) is 0 Å². The van der Waals surface area contributed by atoms with Crippen LogP contribution in [-0.2, 0) is 0 Å². The van der Waals surface area contributed by atoms with Crippen LogP contribution >= 0.6 is 0 Å². The van der Waals surface area contributed by atoms with Crippen LogP contribution in [0.4, 0.5) is 0 Å². The number of hydrogen-bond donors (Lipinski definition) is 0. The molecule has 0 amide bonds. The normalized spacial score (nSPS) is 43.0. The second kappa shape index (κ2) is 5.64. The Bertz CT molecular complexity index is 597. The molecular weight excluding hydrogens is 299 g/mol. The maximum Gasteiger partial charge on any atom is 0.152 e. The Balaban J connectivity index is 1.68. The van der Waals surface area contributed by atoms with Crippen molar-refractivity contribution in [3.63, 3.8) is 0 Å². The highest BCUT2D eigenvalue weighted by Crippen LogP contribution is 2.74. The van der Waals surface area contributed by atoms with Gasteiger partial charge in [0.15, 0.2) is 6.71 Å². The number of hydrogen-bond acceptors (Lipinski definition) is 0. The molecule has 0 aromatic rings. The monoisotopic (exact) mass is 336 g/mol. The van der Waals surface area contributed by atoms with E-state index in [0.29, 0.717) is 10.8 Å². The highest BCUT2D eigenvalue weighted by atomic mass is 14.6. The van der Waals surface area contributed by atoms with E-state index in [0.717, 1.165) is 42.0 Å². The van der Waals surface area contributed by atoms with Gasteiger partial charge in [-0.05, 0) is 68.1 Å². The van der Waals surface area contributed by atoms with Crippen molar-refractivity contribution in [1.82, 2.24) is 0 Å². The minimum atomic E-state index is 0.525. The molecule has 136 valence electrons. The van der Waals surface area contributed by atoms with Gasteiger partial charge in [-0.2, -0.15) is 0 Å². The number of rotatable bonds is 4. The Morgan fingerprint density at radius 2 is 1.36 bits per heavy atom. The predicted molar refractivity (Wildman–Crippen MR) is 111 cm³/mol. The van der Waals surface area contributed by atoms with Crippen LogP contribution in [0.25, 0.3) is 0 Å². The van der Waals surface area contributed by atoms with E-state index in [9.17, 15) is 0 Å². The average Bonchev–Trinajstić information content (AvgIpc) is 2.53. The molecule has 1 heteroatoms. The van der Waals surface area contributed by atoms with Gasteiger partial charge >= 0.3 is 0 Å². The van der Waals surface area contributed by atoms with Crippen LogP contribution < -0.4 is 0 Å². The molecule has 2 fully saturated rings. The van der Waals surface area contributed by atoms with Crippen LogP contribution in [0.1, 0.15) is 61.3 Å². The fourth-order valence-corrected chi connectivity index (χ4v) is 8.21. The molecule has 0 N–H and O–H groups in total. The van der Waals surface area contributed by atoms with Crippen LogP contribution in [0.15, 0.2) is 35.5 Å². The molecule has 2 unspecified atom stereocenters. The fraction of sp³-hybridized carbons (Fsp3) is 0.750. The van der Waals surface area contributed by atoms with Crippen molar-refractivity contribution in [2.24, 2.45) is 34.5 Å². The van der Waals surface area contributed by atoms with Gasteiger partial charge in [-0.15, -0.1) is 0 Å². The molecule has 4 aliphatic carbocycles. The number of allylic oxidation sites excluding steroid dienone is 6. The summed E-state index contributed by atoms with van der Waals surface area (Å²) in [6, 6.07) is 0. The van der Waals surface area contributed by atoms with Gasteiger partial charge in [-0.1, -0.05) is 81.1 Å². The molecule has 0 spiro atoms. The molecule has 4 bridgehead atoms. The second-order valence-corrected chi connectivity index (χ2v) is 10.8. The first kappa shape index (κ1) is 17.7. The van der Waals surface area contributed by atoms with Crippen molar-refractivity contribution in [3.05, 3.63) is 35.5 Å². The zero-order valence-corrected chi connectivity index (χ0v) is 17.5. The highest BCUT2D eigenvalue weighted by molar-refractivity contribution is 6.63. The summed E-state index contributed by atoms with van der Waals surface area (Å²) in [5.74, 6) is 5.32. The predicted octanol–water partition coefficient (Wildman–Crippen LogP) is 7.04. The lowest BCUT2D eigenvalue weighted by molar-refractivity contribution is -0.0302. The van der Waals surface area contributed by atoms with E-state index in [-0.39, 0.29) is 0 Å². The molecule has 0 aromatic carbocycles. The minimum Gasteiger partial charge on any atom is -0.0960 e. The fourth-order valence-electron chi connectivity index (χ4n) is 8.21. The maximum atomic E-state index is 2.56. The summed E-state index contributed by atoms with van der Waals surface area (Å²) >= 11 is 0. The molecule has 4 rings (SSSR count). The van der Waals surface area contributed by atoms with Crippen LogP contribution in [0.5, 0.6) is 0 Å². The Kier molecular flexibility index (Phi) is 3.99. The van der Waals surface area contributed by atoms with E-state index >= 15 is 0 Å². The largest absolute Gasteiger partial charge is 0.152 e. The molecule has 0 nitrogen and oxygen atoms in total. The van der Waals surface area contributed by atoms with Gasteiger partial charge in [0, 0.05) is 0 Å². The molecule has 0 aliphatic heterocycles. The van der Waals surface area contributed by atoms with Crippen molar-refractivity contribution in [3.8, 4) is 0 Å². The summed E-state index contributed by atoms with van der Waals surface area (Å²) in [5.41, 5.74) is 4.44. The molecule has 2 saturated carbocycles. The smallest absolute Gasteiger partial charge is 0.0960 e. The van der Waals surface area contributed by atoms with E-state index in [2.05, 4.69) is 72.8 Å². The van der Waals surface area contributed by atoms with Crippen molar-refractivity contribution in [2.45, 2.75) is 79.3 Å². The molecule has 0 saturated heterocycles. The topological polar surface area (TPSA) is 0 Å². The highest BCUT2D eigenvalue weighted by Gasteiger charge is 2.67. The van der Waals surface area contributed by atoms with Crippen LogP contribution in [0.2, 0.25) is 18.0 Å². The Labute approximate surface area is 156 Å². The Hall–Kier alpha value is -0.715. The molecule has 25 heavy (non-hydrogen) atoms. The van der Waals surface area contributed by atoms with E-state index in [1.54, 1.807) is 11.1 Å². The van der Waals surface area contributed by atoms with Gasteiger partial charge < -0.3 is 0 Å². The lowest BCUT2D eigenvalue weighted by atomic mass is 9.13. The molecule has 0 heterocycles. The van der Waals surface area contributed by atoms with Gasteiger partial charge in [0.05, 0.1) is 0 Å². The SMILES string of the molecule is C/C=C/CB(C1[C@H]2CC=C(C)[C@H]1C2(C)C)C1[C@H]2CC=C(C)[C@H]1C2(C)C. The van der Waals surface area contributed by atoms with Gasteiger partial charge in [0.25, 0.3) is 0 Å². The minimum absolute atomic E-state index is 0.525. The maximum absolute atomic E-state index is 2.56. The Morgan fingerprint density at radius 1 is 0.920 bits per heavy atom. The van der Waals surface area contributed by atoms with Crippen LogP contribution in [0.3, 0.4) is 0 Å². The van der Waals surface area contributed by atoms with Crippen molar-refractivity contribution in [1.29, 1.82) is 0 Å². The molecule has 6 atom stereocenters. The van der Waals surface area contributed by atoms with E-state index in [1.165, 1.54) is 19.2 Å². The van der Waals surface area contributed by atoms with Crippen molar-refractivity contribution < 1.29 is 0 Å². The summed E-state index contributed by atoms with van der Waals surface area (Å²) in [5, 5.41) is 0. The second-order valence-electron chi connectivity index (χ2n) is 10.8. The molecular formula is C24H37B. The standard InChI is InChI=1S/C24H37B/c1-8-9-14-25(21-17-12-10-15(2)19(21)23(17,4)5)22-18-13-11-16(3)20(22)24(18,6)7/h8-11,17-22H,12-14H2,1-7H3/b9-8+/t17-,18-,19-,20-,21?,22?/m1/s1. The average molecular weight is 336 g/mol. The first-order chi connectivity index (χ1) is 11.7. The summed E-state index contributed by atoms with van der Waals surface area (Å²) < 4.78 is 0. The summed E-state index contributed by atoms with van der Waals surface area (Å²) in [4.78, 5) is 0. The first-order valence-corrected chi connectivity index (χ1v) is 10.7. The third kappa shape index (κ3) is 2.20. The summed E-state index contributed by atoms with van der Waals surface area (Å²) in [7, 11) is 0. The lowest BCUT2D eigenvalue weighted by Crippen LogP contribution is -2.64. The molecule has 0 radical (unpaired) electrons. The van der Waals surface area contributed by atoms with Gasteiger partial charge in [-0.25, -0.2) is 0 Å². The summed E-state index contributed by atoms with van der Waals surface area (Å²) in [6.45, 7) is 18.1. The first-order valence-electron chi connectivity index (χ1n) is 10.7. The van der Waals surface area contributed by atoms with Crippen LogP contribution in [-0.4, -0.2) is 6.71 Å².